The van der Waals surface area contributed by atoms with Gasteiger partial charge in [-0.3, -0.25) is 4.98 Å². The van der Waals surface area contributed by atoms with Crippen molar-refractivity contribution < 1.29 is 8.78 Å². The maximum Gasteiger partial charge on any atom is 0.236 e. The Morgan fingerprint density at radius 2 is 2.14 bits per heavy atom. The van der Waals surface area contributed by atoms with E-state index in [0.717, 1.165) is 0 Å². The quantitative estimate of drug-likeness (QED) is 0.208. The van der Waals surface area contributed by atoms with Crippen LogP contribution >= 0.6 is 11.6 Å². The molecule has 11 heteroatoms. The first kappa shape index (κ1) is 24.7. The number of hydrogen-bond donors (Lipinski definition) is 5. The normalized spacial score (nSPS) is 14.1. The van der Waals surface area contributed by atoms with Gasteiger partial charge in [0.05, 0.1) is 39.2 Å². The Hall–Kier alpha value is -4.46. The maximum absolute atomic E-state index is 14.3. The lowest BCUT2D eigenvalue weighted by Gasteiger charge is -2.22. The van der Waals surface area contributed by atoms with Gasteiger partial charge in [-0.2, -0.15) is 15.2 Å². The molecule has 182 valence electrons. The summed E-state index contributed by atoms with van der Waals surface area (Å²) in [7, 11) is 0. The van der Waals surface area contributed by atoms with Crippen LogP contribution in [0.3, 0.4) is 0 Å². The number of hydrogen-bond acceptors (Lipinski definition) is 8. The van der Waals surface area contributed by atoms with E-state index in [0.29, 0.717) is 38.6 Å². The highest BCUT2D eigenvalue weighted by molar-refractivity contribution is 6.36. The van der Waals surface area contributed by atoms with Gasteiger partial charge in [0.25, 0.3) is 0 Å². The van der Waals surface area contributed by atoms with Crippen molar-refractivity contribution in [3.05, 3.63) is 101 Å². The molecule has 3 heterocycles. The van der Waals surface area contributed by atoms with E-state index in [1.54, 1.807) is 37.4 Å². The highest BCUT2D eigenvalue weighted by atomic mass is 35.5. The molecule has 5 N–H and O–H groups in total. The maximum atomic E-state index is 14.3. The highest BCUT2D eigenvalue weighted by Gasteiger charge is 2.21. The van der Waals surface area contributed by atoms with Crippen LogP contribution in [0.2, 0.25) is 5.02 Å². The number of allylic oxidation sites excluding steroid dienone is 3. The number of pyridine rings is 2. The summed E-state index contributed by atoms with van der Waals surface area (Å²) in [6.07, 6.45) is 8.60. The van der Waals surface area contributed by atoms with Crippen LogP contribution in [0.5, 0.6) is 0 Å². The SMILES string of the molecule is C=C(/C=C\C(F)=C/C)[C@H](Nc1cc(Cl)c2ncc(C#N)c(Nc3cccnc3F)c2c1)C1=CNNN1. The van der Waals surface area contributed by atoms with E-state index in [9.17, 15) is 14.0 Å². The van der Waals surface area contributed by atoms with Gasteiger partial charge in [-0.25, -0.2) is 9.37 Å². The van der Waals surface area contributed by atoms with E-state index in [2.05, 4.69) is 49.6 Å². The van der Waals surface area contributed by atoms with Gasteiger partial charge in [-0.05, 0) is 42.8 Å². The zero-order chi connectivity index (χ0) is 25.7. The van der Waals surface area contributed by atoms with E-state index in [4.69, 9.17) is 11.6 Å². The molecule has 1 atom stereocenters. The topological polar surface area (TPSA) is 110 Å². The molecule has 2 aromatic heterocycles. The van der Waals surface area contributed by atoms with Crippen LogP contribution in [-0.4, -0.2) is 16.0 Å². The molecule has 0 bridgehead atoms. The standard InChI is InChI=1S/C25H21ClF2N8/c1-3-16(27)7-6-14(2)22(21-13-32-36-35-21)33-17-9-18-23(34-20-5-4-8-30-25(20)28)15(11-29)12-31-24(18)19(26)10-17/h3-10,12-13,22,32-33,35-36H,2H2,1H3,(H,31,34)/b7-6-,16-3+/t22-/m0/s1. The van der Waals surface area contributed by atoms with Gasteiger partial charge in [0.15, 0.2) is 0 Å². The molecular weight excluding hydrogens is 486 g/mol. The van der Waals surface area contributed by atoms with Crippen molar-refractivity contribution in [3.8, 4) is 6.07 Å². The summed E-state index contributed by atoms with van der Waals surface area (Å²) in [5, 5.41) is 16.7. The first-order valence-electron chi connectivity index (χ1n) is 10.7. The summed E-state index contributed by atoms with van der Waals surface area (Å²) in [5.41, 5.74) is 11.4. The number of anilines is 3. The Bertz CT molecular complexity index is 1460. The van der Waals surface area contributed by atoms with E-state index in [-0.39, 0.29) is 11.3 Å². The number of nitrogens with one attached hydrogen (secondary N) is 5. The molecular formula is C25H21ClF2N8. The van der Waals surface area contributed by atoms with Crippen LogP contribution < -0.4 is 27.0 Å². The van der Waals surface area contributed by atoms with Crippen molar-refractivity contribution in [1.82, 2.24) is 26.4 Å². The number of aromatic nitrogens is 2. The molecule has 0 saturated carbocycles. The molecule has 4 rings (SSSR count). The number of hydrazine groups is 2. The Morgan fingerprint density at radius 1 is 1.31 bits per heavy atom. The van der Waals surface area contributed by atoms with Crippen LogP contribution in [0.4, 0.5) is 25.8 Å². The molecule has 36 heavy (non-hydrogen) atoms. The number of halogens is 3. The lowest BCUT2D eigenvalue weighted by atomic mass is 10.0. The first-order chi connectivity index (χ1) is 17.4. The summed E-state index contributed by atoms with van der Waals surface area (Å²) < 4.78 is 28.0. The smallest absolute Gasteiger partial charge is 0.236 e. The van der Waals surface area contributed by atoms with Crippen LogP contribution in [0.1, 0.15) is 12.5 Å². The fraction of sp³-hybridized carbons (Fsp3) is 0.0800. The third-order valence-electron chi connectivity index (χ3n) is 5.30. The highest BCUT2D eigenvalue weighted by Crippen LogP contribution is 2.36. The second-order valence-corrected chi connectivity index (χ2v) is 8.04. The molecule has 8 nitrogen and oxygen atoms in total. The third-order valence-corrected chi connectivity index (χ3v) is 5.58. The Morgan fingerprint density at radius 3 is 2.83 bits per heavy atom. The van der Waals surface area contributed by atoms with Crippen molar-refractivity contribution >= 4 is 39.6 Å². The van der Waals surface area contributed by atoms with Crippen molar-refractivity contribution in [2.75, 3.05) is 10.6 Å². The van der Waals surface area contributed by atoms with Crippen LogP contribution in [-0.2, 0) is 0 Å². The van der Waals surface area contributed by atoms with Gasteiger partial charge >= 0.3 is 0 Å². The largest absolute Gasteiger partial charge is 0.373 e. The fourth-order valence-electron chi connectivity index (χ4n) is 3.51. The van der Waals surface area contributed by atoms with Gasteiger partial charge in [0.2, 0.25) is 5.95 Å². The van der Waals surface area contributed by atoms with E-state index < -0.39 is 17.8 Å². The lowest BCUT2D eigenvalue weighted by Crippen LogP contribution is -2.37. The van der Waals surface area contributed by atoms with Gasteiger partial charge in [-0.1, -0.05) is 30.3 Å². The molecule has 1 aliphatic rings. The van der Waals surface area contributed by atoms with E-state index in [1.165, 1.54) is 30.6 Å². The molecule has 0 spiro atoms. The molecule has 0 radical (unpaired) electrons. The molecule has 0 amide bonds. The van der Waals surface area contributed by atoms with Crippen molar-refractivity contribution in [3.63, 3.8) is 0 Å². The number of benzene rings is 1. The Balaban J connectivity index is 1.78. The molecule has 1 aromatic carbocycles. The minimum absolute atomic E-state index is 0.0934. The summed E-state index contributed by atoms with van der Waals surface area (Å²) in [5.74, 6) is -1.12. The average molecular weight is 507 g/mol. The number of rotatable bonds is 8. The number of nitrogens with zero attached hydrogens (tertiary/aromatic N) is 3. The van der Waals surface area contributed by atoms with Gasteiger partial charge in [-0.15, -0.1) is 0 Å². The molecule has 0 aliphatic carbocycles. The van der Waals surface area contributed by atoms with Gasteiger partial charge in [0.1, 0.15) is 11.9 Å². The predicted octanol–water partition coefficient (Wildman–Crippen LogP) is 5.26. The van der Waals surface area contributed by atoms with E-state index in [1.807, 2.05) is 0 Å². The summed E-state index contributed by atoms with van der Waals surface area (Å²) >= 11 is 6.56. The predicted molar refractivity (Wildman–Crippen MR) is 137 cm³/mol. The zero-order valence-electron chi connectivity index (χ0n) is 19.0. The van der Waals surface area contributed by atoms with Crippen molar-refractivity contribution in [2.45, 2.75) is 13.0 Å². The first-order valence-corrected chi connectivity index (χ1v) is 11.1. The monoisotopic (exact) mass is 506 g/mol. The van der Waals surface area contributed by atoms with E-state index >= 15 is 0 Å². The Kier molecular flexibility index (Phi) is 7.44. The summed E-state index contributed by atoms with van der Waals surface area (Å²) in [6.45, 7) is 5.66. The molecule has 1 aliphatic heterocycles. The Labute approximate surface area is 211 Å². The van der Waals surface area contributed by atoms with Crippen molar-refractivity contribution in [1.29, 1.82) is 5.26 Å². The molecule has 0 fully saturated rings. The second-order valence-electron chi connectivity index (χ2n) is 7.63. The van der Waals surface area contributed by atoms with Crippen LogP contribution in [0, 0.1) is 17.3 Å². The van der Waals surface area contributed by atoms with Crippen LogP contribution in [0.25, 0.3) is 10.9 Å². The zero-order valence-corrected chi connectivity index (χ0v) is 19.8. The number of fused-ring (bicyclic) bond motifs is 1. The minimum atomic E-state index is -0.720. The lowest BCUT2D eigenvalue weighted by molar-refractivity contribution is 0.588. The molecule has 3 aromatic rings. The van der Waals surface area contributed by atoms with Crippen LogP contribution in [0.15, 0.2) is 84.8 Å². The molecule has 0 unspecified atom stereocenters. The fourth-order valence-corrected chi connectivity index (χ4v) is 3.77. The summed E-state index contributed by atoms with van der Waals surface area (Å²) in [6, 6.07) is 8.05. The average Bonchev–Trinajstić information content (AvgIpc) is 3.42. The molecule has 0 saturated heterocycles. The third kappa shape index (κ3) is 5.27. The number of nitriles is 1. The minimum Gasteiger partial charge on any atom is -0.373 e. The van der Waals surface area contributed by atoms with Gasteiger partial charge < -0.3 is 21.5 Å². The summed E-state index contributed by atoms with van der Waals surface area (Å²) in [4.78, 5) is 7.96. The second kappa shape index (κ2) is 10.9. The van der Waals surface area contributed by atoms with Gasteiger partial charge in [0, 0.05) is 29.7 Å². The van der Waals surface area contributed by atoms with Crippen molar-refractivity contribution in [2.24, 2.45) is 0 Å².